The van der Waals surface area contributed by atoms with Crippen LogP contribution in [0.4, 0.5) is 0 Å². The fraction of sp³-hybridized carbons (Fsp3) is 0.667. The first-order valence-corrected chi connectivity index (χ1v) is 5.26. The zero-order valence-corrected chi connectivity index (χ0v) is 8.18. The minimum Gasteiger partial charge on any atom is -0.395 e. The molecule has 1 saturated carbocycles. The molecule has 0 saturated heterocycles. The summed E-state index contributed by atoms with van der Waals surface area (Å²) in [7, 11) is 0. The largest absolute Gasteiger partial charge is 0.395 e. The summed E-state index contributed by atoms with van der Waals surface area (Å²) in [5, 5.41) is 9.49. The van der Waals surface area contributed by atoms with Gasteiger partial charge in [0.15, 0.2) is 0 Å². The van der Waals surface area contributed by atoms with Crippen molar-refractivity contribution >= 4 is 0 Å². The smallest absolute Gasteiger partial charge is 0.0524 e. The molecule has 0 spiro atoms. The Balaban J connectivity index is 2.30. The second-order valence-electron chi connectivity index (χ2n) is 4.47. The first-order chi connectivity index (χ1) is 6.27. The van der Waals surface area contributed by atoms with Gasteiger partial charge in [-0.1, -0.05) is 30.2 Å². The third-order valence-electron chi connectivity index (χ3n) is 3.64. The summed E-state index contributed by atoms with van der Waals surface area (Å²) < 4.78 is 0. The molecular formula is C12H18O. The second-order valence-corrected chi connectivity index (χ2v) is 4.47. The summed E-state index contributed by atoms with van der Waals surface area (Å²) in [6.45, 7) is 4.35. The monoisotopic (exact) mass is 178 g/mol. The lowest BCUT2D eigenvalue weighted by Gasteiger charge is -2.41. The first kappa shape index (κ1) is 9.01. The SMILES string of the molecule is C=C1C=C2CCCC[C@@]2(CO)CC1. The van der Waals surface area contributed by atoms with E-state index in [1.165, 1.54) is 36.8 Å². The Kier molecular flexibility index (Phi) is 2.29. The van der Waals surface area contributed by atoms with Crippen LogP contribution in [0.15, 0.2) is 23.8 Å². The molecule has 0 aromatic heterocycles. The maximum absolute atomic E-state index is 9.49. The van der Waals surface area contributed by atoms with Crippen molar-refractivity contribution in [1.29, 1.82) is 0 Å². The topological polar surface area (TPSA) is 20.2 Å². The maximum Gasteiger partial charge on any atom is 0.0524 e. The fourth-order valence-electron chi connectivity index (χ4n) is 2.69. The van der Waals surface area contributed by atoms with Gasteiger partial charge in [-0.05, 0) is 32.1 Å². The number of hydrogen-bond acceptors (Lipinski definition) is 1. The Morgan fingerprint density at radius 2 is 2.15 bits per heavy atom. The highest BCUT2D eigenvalue weighted by Gasteiger charge is 2.37. The lowest BCUT2D eigenvalue weighted by Crippen LogP contribution is -2.33. The molecule has 0 aromatic carbocycles. The van der Waals surface area contributed by atoms with E-state index < -0.39 is 0 Å². The molecule has 1 N–H and O–H groups in total. The Morgan fingerprint density at radius 1 is 1.31 bits per heavy atom. The van der Waals surface area contributed by atoms with E-state index in [1.807, 2.05) is 0 Å². The van der Waals surface area contributed by atoms with Crippen LogP contribution in [0.25, 0.3) is 0 Å². The van der Waals surface area contributed by atoms with E-state index in [4.69, 9.17) is 0 Å². The van der Waals surface area contributed by atoms with Crippen molar-refractivity contribution in [2.45, 2.75) is 38.5 Å². The van der Waals surface area contributed by atoms with Gasteiger partial charge in [0.1, 0.15) is 0 Å². The molecule has 13 heavy (non-hydrogen) atoms. The van der Waals surface area contributed by atoms with Crippen molar-refractivity contribution in [2.24, 2.45) is 5.41 Å². The highest BCUT2D eigenvalue weighted by atomic mass is 16.3. The van der Waals surface area contributed by atoms with Crippen LogP contribution in [0.1, 0.15) is 38.5 Å². The number of aliphatic hydroxyl groups is 1. The van der Waals surface area contributed by atoms with Gasteiger partial charge in [0.2, 0.25) is 0 Å². The molecule has 72 valence electrons. The van der Waals surface area contributed by atoms with Crippen LogP contribution in [-0.2, 0) is 0 Å². The van der Waals surface area contributed by atoms with E-state index in [0.29, 0.717) is 6.61 Å². The maximum atomic E-state index is 9.49. The quantitative estimate of drug-likeness (QED) is 0.654. The summed E-state index contributed by atoms with van der Waals surface area (Å²) in [6.07, 6.45) is 9.37. The van der Waals surface area contributed by atoms with Crippen molar-refractivity contribution in [3.8, 4) is 0 Å². The summed E-state index contributed by atoms with van der Waals surface area (Å²) in [5.41, 5.74) is 2.87. The van der Waals surface area contributed by atoms with Crippen LogP contribution >= 0.6 is 0 Å². The molecule has 1 fully saturated rings. The van der Waals surface area contributed by atoms with Crippen LogP contribution in [0, 0.1) is 5.41 Å². The van der Waals surface area contributed by atoms with Gasteiger partial charge >= 0.3 is 0 Å². The van der Waals surface area contributed by atoms with E-state index in [2.05, 4.69) is 12.7 Å². The number of rotatable bonds is 1. The van der Waals surface area contributed by atoms with Crippen LogP contribution in [-0.4, -0.2) is 11.7 Å². The Bertz CT molecular complexity index is 252. The molecule has 0 heterocycles. The molecule has 0 radical (unpaired) electrons. The number of fused-ring (bicyclic) bond motifs is 1. The van der Waals surface area contributed by atoms with Gasteiger partial charge in [-0.2, -0.15) is 0 Å². The van der Waals surface area contributed by atoms with Gasteiger partial charge in [-0.25, -0.2) is 0 Å². The minimum atomic E-state index is 0.152. The van der Waals surface area contributed by atoms with E-state index in [0.717, 1.165) is 12.8 Å². The lowest BCUT2D eigenvalue weighted by atomic mass is 9.65. The van der Waals surface area contributed by atoms with Crippen LogP contribution < -0.4 is 0 Å². The molecule has 0 aliphatic heterocycles. The van der Waals surface area contributed by atoms with Crippen molar-refractivity contribution < 1.29 is 5.11 Å². The third kappa shape index (κ3) is 1.46. The summed E-state index contributed by atoms with van der Waals surface area (Å²) in [6, 6.07) is 0. The second kappa shape index (κ2) is 3.30. The van der Waals surface area contributed by atoms with E-state index in [9.17, 15) is 5.11 Å². The Morgan fingerprint density at radius 3 is 2.92 bits per heavy atom. The molecule has 0 amide bonds. The lowest BCUT2D eigenvalue weighted by molar-refractivity contribution is 0.117. The van der Waals surface area contributed by atoms with Crippen molar-refractivity contribution in [3.05, 3.63) is 23.8 Å². The standard InChI is InChI=1S/C12H18O/c1-10-5-7-12(9-13)6-3-2-4-11(12)8-10/h8,13H,1-7,9H2/t12-/m0/s1. The highest BCUT2D eigenvalue weighted by molar-refractivity contribution is 5.31. The van der Waals surface area contributed by atoms with Crippen LogP contribution in [0.3, 0.4) is 0 Å². The van der Waals surface area contributed by atoms with Gasteiger partial charge in [0, 0.05) is 5.41 Å². The molecule has 0 aromatic rings. The van der Waals surface area contributed by atoms with E-state index >= 15 is 0 Å². The predicted molar refractivity (Wildman–Crippen MR) is 54.4 cm³/mol. The van der Waals surface area contributed by atoms with Gasteiger partial charge in [-0.3, -0.25) is 0 Å². The van der Waals surface area contributed by atoms with Crippen LogP contribution in [0.2, 0.25) is 0 Å². The minimum absolute atomic E-state index is 0.152. The molecule has 1 heteroatoms. The number of hydrogen-bond donors (Lipinski definition) is 1. The molecule has 0 unspecified atom stereocenters. The van der Waals surface area contributed by atoms with E-state index in [1.54, 1.807) is 0 Å². The normalized spacial score (nSPS) is 33.9. The van der Waals surface area contributed by atoms with E-state index in [-0.39, 0.29) is 5.41 Å². The Hall–Kier alpha value is -0.560. The van der Waals surface area contributed by atoms with Gasteiger partial charge in [-0.15, -0.1) is 0 Å². The van der Waals surface area contributed by atoms with Crippen molar-refractivity contribution in [3.63, 3.8) is 0 Å². The third-order valence-corrected chi connectivity index (χ3v) is 3.64. The first-order valence-electron chi connectivity index (χ1n) is 5.26. The zero-order chi connectivity index (χ0) is 9.31. The molecule has 2 rings (SSSR count). The number of allylic oxidation sites excluding steroid dienone is 2. The average molecular weight is 178 g/mol. The fourth-order valence-corrected chi connectivity index (χ4v) is 2.69. The molecule has 0 bridgehead atoms. The summed E-state index contributed by atoms with van der Waals surface area (Å²) in [4.78, 5) is 0. The number of aliphatic hydroxyl groups excluding tert-OH is 1. The molecule has 1 atom stereocenters. The average Bonchev–Trinajstić information content (AvgIpc) is 2.18. The molecule has 1 nitrogen and oxygen atoms in total. The predicted octanol–water partition coefficient (Wildman–Crippen LogP) is 2.82. The summed E-state index contributed by atoms with van der Waals surface area (Å²) >= 11 is 0. The van der Waals surface area contributed by atoms with Crippen LogP contribution in [0.5, 0.6) is 0 Å². The van der Waals surface area contributed by atoms with Gasteiger partial charge in [0.05, 0.1) is 6.61 Å². The molecular weight excluding hydrogens is 160 g/mol. The van der Waals surface area contributed by atoms with Crippen molar-refractivity contribution in [2.75, 3.05) is 6.61 Å². The highest BCUT2D eigenvalue weighted by Crippen LogP contribution is 2.47. The molecule has 2 aliphatic rings. The van der Waals surface area contributed by atoms with Gasteiger partial charge in [0.25, 0.3) is 0 Å². The van der Waals surface area contributed by atoms with Crippen molar-refractivity contribution in [1.82, 2.24) is 0 Å². The summed E-state index contributed by atoms with van der Waals surface area (Å²) in [5.74, 6) is 0. The molecule has 2 aliphatic carbocycles. The zero-order valence-electron chi connectivity index (χ0n) is 8.18. The van der Waals surface area contributed by atoms with Gasteiger partial charge < -0.3 is 5.11 Å². The Labute approximate surface area is 80.2 Å².